The number of ether oxygens (including phenoxy) is 2. The lowest BCUT2D eigenvalue weighted by Crippen LogP contribution is -2.42. The fourth-order valence-electron chi connectivity index (χ4n) is 4.28. The molecule has 4 amide bonds. The molecule has 206 valence electrons. The van der Waals surface area contributed by atoms with Gasteiger partial charge in [0.2, 0.25) is 5.91 Å². The zero-order valence-corrected chi connectivity index (χ0v) is 24.8. The maximum atomic E-state index is 13.0. The zero-order valence-electron chi connectivity index (χ0n) is 21.8. The van der Waals surface area contributed by atoms with Gasteiger partial charge in [-0.3, -0.25) is 24.1 Å². The van der Waals surface area contributed by atoms with Crippen LogP contribution in [0, 0.1) is 10.5 Å². The molecule has 0 aromatic heterocycles. The van der Waals surface area contributed by atoms with E-state index in [0.717, 1.165) is 47.9 Å². The minimum absolute atomic E-state index is 0.204. The number of likely N-dealkylation sites (tertiary alicyclic amines) is 1. The molecule has 2 aliphatic heterocycles. The Kier molecular flexibility index (Phi) is 9.89. The van der Waals surface area contributed by atoms with Crippen molar-refractivity contribution in [2.24, 2.45) is 0 Å². The van der Waals surface area contributed by atoms with Crippen LogP contribution in [0.5, 0.6) is 11.5 Å². The molecule has 0 atom stereocenters. The van der Waals surface area contributed by atoms with Crippen LogP contribution in [0.25, 0.3) is 6.08 Å². The van der Waals surface area contributed by atoms with E-state index in [0.29, 0.717) is 39.4 Å². The summed E-state index contributed by atoms with van der Waals surface area (Å²) in [6.45, 7) is 2.82. The first kappa shape index (κ1) is 28.9. The van der Waals surface area contributed by atoms with Crippen molar-refractivity contribution in [1.29, 1.82) is 0 Å². The molecule has 2 aromatic rings. The van der Waals surface area contributed by atoms with Crippen LogP contribution in [0.15, 0.2) is 41.3 Å². The highest BCUT2D eigenvalue weighted by Gasteiger charge is 2.37. The minimum Gasteiger partial charge on any atom is -0.493 e. The molecule has 2 fully saturated rings. The predicted molar refractivity (Wildman–Crippen MR) is 159 cm³/mol. The van der Waals surface area contributed by atoms with Crippen molar-refractivity contribution in [3.8, 4) is 11.5 Å². The molecule has 0 radical (unpaired) electrons. The molecule has 4 rings (SSSR count). The van der Waals surface area contributed by atoms with Gasteiger partial charge in [-0.2, -0.15) is 0 Å². The van der Waals surface area contributed by atoms with E-state index in [-0.39, 0.29) is 29.9 Å². The minimum atomic E-state index is -0.491. The monoisotopic (exact) mass is 663 g/mol. The normalized spacial score (nSPS) is 16.8. The van der Waals surface area contributed by atoms with Gasteiger partial charge >= 0.3 is 0 Å². The summed E-state index contributed by atoms with van der Waals surface area (Å²) >= 11 is 2.88. The van der Waals surface area contributed by atoms with Crippen LogP contribution in [0.4, 0.5) is 10.5 Å². The number of hydrogen-bond donors (Lipinski definition) is 1. The van der Waals surface area contributed by atoms with E-state index in [1.807, 2.05) is 31.2 Å². The average molecular weight is 664 g/mol. The summed E-state index contributed by atoms with van der Waals surface area (Å²) in [7, 11) is 1.48. The number of halogens is 1. The van der Waals surface area contributed by atoms with E-state index >= 15 is 0 Å². The molecule has 1 N–H and O–H groups in total. The van der Waals surface area contributed by atoms with Crippen LogP contribution in [0.2, 0.25) is 0 Å². The molecule has 2 aliphatic rings. The first-order valence-electron chi connectivity index (χ1n) is 12.6. The number of anilines is 1. The topological polar surface area (TPSA) is 105 Å². The first-order chi connectivity index (χ1) is 18.7. The summed E-state index contributed by atoms with van der Waals surface area (Å²) < 4.78 is 11.9. The molecule has 0 unspecified atom stereocenters. The fraction of sp³-hybridized carbons (Fsp3) is 0.357. The Morgan fingerprint density at radius 1 is 1.08 bits per heavy atom. The van der Waals surface area contributed by atoms with Gasteiger partial charge in [0.15, 0.2) is 18.1 Å². The maximum Gasteiger partial charge on any atom is 0.294 e. The number of amides is 4. The van der Waals surface area contributed by atoms with Crippen molar-refractivity contribution in [2.45, 2.75) is 32.6 Å². The number of methoxy groups -OCH3 is 1. The zero-order chi connectivity index (χ0) is 27.9. The molecule has 9 nitrogen and oxygen atoms in total. The van der Waals surface area contributed by atoms with Crippen LogP contribution in [0.1, 0.15) is 36.8 Å². The Balaban J connectivity index is 1.42. The van der Waals surface area contributed by atoms with Gasteiger partial charge < -0.3 is 19.7 Å². The van der Waals surface area contributed by atoms with E-state index in [1.165, 1.54) is 7.11 Å². The molecule has 11 heteroatoms. The lowest BCUT2D eigenvalue weighted by atomic mass is 10.2. The van der Waals surface area contributed by atoms with E-state index in [2.05, 4.69) is 27.9 Å². The number of carbonyl (C=O) groups is 4. The molecule has 2 aromatic carbocycles. The van der Waals surface area contributed by atoms with Crippen molar-refractivity contribution in [1.82, 2.24) is 9.80 Å². The van der Waals surface area contributed by atoms with Gasteiger partial charge in [-0.05, 0) is 90.0 Å². The largest absolute Gasteiger partial charge is 0.493 e. The third-order valence-corrected chi connectivity index (χ3v) is 8.07. The number of aryl methyl sites for hydroxylation is 1. The molecule has 39 heavy (non-hydrogen) atoms. The van der Waals surface area contributed by atoms with Gasteiger partial charge in [-0.15, -0.1) is 0 Å². The quantitative estimate of drug-likeness (QED) is 0.311. The number of imide groups is 1. The van der Waals surface area contributed by atoms with Crippen LogP contribution in [-0.4, -0.2) is 66.1 Å². The summed E-state index contributed by atoms with van der Waals surface area (Å²) in [6.07, 6.45) is 5.64. The molecule has 0 aliphatic carbocycles. The molecular weight excluding hydrogens is 633 g/mol. The fourth-order valence-corrected chi connectivity index (χ4v) is 5.90. The number of nitrogens with one attached hydrogen (secondary N) is 1. The predicted octanol–water partition coefficient (Wildman–Crippen LogP) is 5.06. The molecule has 0 spiro atoms. The summed E-state index contributed by atoms with van der Waals surface area (Å²) in [5.74, 6) is -0.235. The number of carbonyl (C=O) groups excluding carboxylic acids is 4. The van der Waals surface area contributed by atoms with Crippen molar-refractivity contribution in [3.05, 3.63) is 56.0 Å². The Morgan fingerprint density at radius 3 is 2.44 bits per heavy atom. The lowest BCUT2D eigenvalue weighted by molar-refractivity contribution is -0.135. The number of thioether (sulfide) groups is 1. The van der Waals surface area contributed by atoms with Crippen molar-refractivity contribution < 1.29 is 28.7 Å². The highest BCUT2D eigenvalue weighted by Crippen LogP contribution is 2.37. The SMILES string of the molecule is COc1cc(C=C2SC(=O)N(CC(=O)N3CCCCCC3)C2=O)cc(I)c1OCC(=O)Nc1ccc(C)cc1. The molecule has 2 heterocycles. The lowest BCUT2D eigenvalue weighted by Gasteiger charge is -2.22. The Hall–Kier alpha value is -3.06. The average Bonchev–Trinajstić information content (AvgIpc) is 3.09. The first-order valence-corrected chi connectivity index (χ1v) is 14.5. The second kappa shape index (κ2) is 13.3. The van der Waals surface area contributed by atoms with Gasteiger partial charge in [-0.1, -0.05) is 30.5 Å². The Morgan fingerprint density at radius 2 is 1.77 bits per heavy atom. The number of rotatable bonds is 8. The second-order valence-corrected chi connectivity index (χ2v) is 11.5. The van der Waals surface area contributed by atoms with Crippen LogP contribution in [0.3, 0.4) is 0 Å². The Bertz CT molecular complexity index is 1290. The standard InChI is InChI=1S/C28H30IN3O6S/c1-18-7-9-20(10-8-18)30-24(33)17-38-26-21(29)13-19(14-22(26)37-2)15-23-27(35)32(28(36)39-23)16-25(34)31-11-5-3-4-6-12-31/h7-10,13-15H,3-6,11-12,16-17H2,1-2H3,(H,30,33). The van der Waals surface area contributed by atoms with Crippen molar-refractivity contribution in [2.75, 3.05) is 38.7 Å². The molecule has 0 saturated carbocycles. The van der Waals surface area contributed by atoms with Crippen LogP contribution < -0.4 is 14.8 Å². The summed E-state index contributed by atoms with van der Waals surface area (Å²) in [5.41, 5.74) is 2.39. The van der Waals surface area contributed by atoms with Crippen molar-refractivity contribution in [3.63, 3.8) is 0 Å². The number of hydrogen-bond acceptors (Lipinski definition) is 7. The van der Waals surface area contributed by atoms with E-state index in [9.17, 15) is 19.2 Å². The van der Waals surface area contributed by atoms with E-state index < -0.39 is 11.1 Å². The van der Waals surface area contributed by atoms with Crippen molar-refractivity contribution >= 4 is 69.1 Å². The van der Waals surface area contributed by atoms with E-state index in [1.54, 1.807) is 23.1 Å². The number of benzene rings is 2. The van der Waals surface area contributed by atoms with Gasteiger partial charge in [0.1, 0.15) is 6.54 Å². The molecule has 2 saturated heterocycles. The van der Waals surface area contributed by atoms with Gasteiger partial charge in [0, 0.05) is 18.8 Å². The summed E-state index contributed by atoms with van der Waals surface area (Å²) in [4.78, 5) is 53.7. The molecular formula is C28H30IN3O6S. The second-order valence-electron chi connectivity index (χ2n) is 9.30. The van der Waals surface area contributed by atoms with Crippen LogP contribution in [-0.2, 0) is 14.4 Å². The van der Waals surface area contributed by atoms with E-state index in [4.69, 9.17) is 9.47 Å². The Labute approximate surface area is 245 Å². The third-order valence-electron chi connectivity index (χ3n) is 6.36. The van der Waals surface area contributed by atoms with Crippen LogP contribution >= 0.6 is 34.4 Å². The van der Waals surface area contributed by atoms with Gasteiger partial charge in [0.25, 0.3) is 17.1 Å². The molecule has 0 bridgehead atoms. The highest BCUT2D eigenvalue weighted by molar-refractivity contribution is 14.1. The van der Waals surface area contributed by atoms with Gasteiger partial charge in [-0.25, -0.2) is 0 Å². The van der Waals surface area contributed by atoms with Gasteiger partial charge in [0.05, 0.1) is 15.6 Å². The smallest absolute Gasteiger partial charge is 0.294 e. The maximum absolute atomic E-state index is 13.0. The summed E-state index contributed by atoms with van der Waals surface area (Å²) in [6, 6.07) is 10.9. The number of nitrogens with zero attached hydrogens (tertiary/aromatic N) is 2. The summed E-state index contributed by atoms with van der Waals surface area (Å²) in [5, 5.41) is 2.32. The third kappa shape index (κ3) is 7.53. The highest BCUT2D eigenvalue weighted by atomic mass is 127.